The number of aryl methyl sites for hydroxylation is 2. The Bertz CT molecular complexity index is 596. The van der Waals surface area contributed by atoms with Crippen molar-refractivity contribution < 1.29 is 0 Å². The number of nitrogens with one attached hydrogen (secondary N) is 2. The van der Waals surface area contributed by atoms with Crippen molar-refractivity contribution in [1.82, 2.24) is 15.0 Å². The first-order valence-electron chi connectivity index (χ1n) is 6.63. The normalized spacial score (nSPS) is 10.4. The molecule has 0 aliphatic carbocycles. The number of rotatable bonds is 5. The number of pyridine rings is 1. The second kappa shape index (κ2) is 6.29. The van der Waals surface area contributed by atoms with E-state index in [0.717, 1.165) is 29.2 Å². The average molecular weight is 272 g/mol. The number of nitrogen functional groups attached to an aromatic ring is 1. The van der Waals surface area contributed by atoms with Crippen molar-refractivity contribution >= 4 is 11.6 Å². The van der Waals surface area contributed by atoms with Crippen molar-refractivity contribution in [2.24, 2.45) is 5.84 Å². The Morgan fingerprint density at radius 1 is 1.20 bits per heavy atom. The summed E-state index contributed by atoms with van der Waals surface area (Å²) in [6.45, 7) is 6.69. The number of nitrogens with zero attached hydrogens (tertiary/aromatic N) is 3. The van der Waals surface area contributed by atoms with Gasteiger partial charge in [0.05, 0.1) is 0 Å². The SMILES string of the molecule is CCc1nc(NN)c(C)c(NCc2ccncc2C)n1. The summed E-state index contributed by atoms with van der Waals surface area (Å²) in [5.74, 6) is 7.72. The van der Waals surface area contributed by atoms with Gasteiger partial charge < -0.3 is 10.7 Å². The van der Waals surface area contributed by atoms with E-state index >= 15 is 0 Å². The molecule has 2 aromatic heterocycles. The van der Waals surface area contributed by atoms with Crippen LogP contribution in [0.2, 0.25) is 0 Å². The Kier molecular flexibility index (Phi) is 4.47. The summed E-state index contributed by atoms with van der Waals surface area (Å²) in [7, 11) is 0. The Morgan fingerprint density at radius 2 is 1.95 bits per heavy atom. The van der Waals surface area contributed by atoms with E-state index in [0.29, 0.717) is 12.4 Å². The smallest absolute Gasteiger partial charge is 0.148 e. The number of hydrogen-bond acceptors (Lipinski definition) is 6. The number of hydrogen-bond donors (Lipinski definition) is 3. The van der Waals surface area contributed by atoms with Gasteiger partial charge in [-0.25, -0.2) is 15.8 Å². The molecular weight excluding hydrogens is 252 g/mol. The fraction of sp³-hybridized carbons (Fsp3) is 0.357. The van der Waals surface area contributed by atoms with Gasteiger partial charge in [-0.15, -0.1) is 0 Å². The molecule has 0 fully saturated rings. The van der Waals surface area contributed by atoms with Crippen LogP contribution >= 0.6 is 0 Å². The highest BCUT2D eigenvalue weighted by Gasteiger charge is 2.09. The van der Waals surface area contributed by atoms with Crippen molar-refractivity contribution in [3.8, 4) is 0 Å². The lowest BCUT2D eigenvalue weighted by atomic mass is 10.1. The molecule has 106 valence electrons. The fourth-order valence-electron chi connectivity index (χ4n) is 1.91. The van der Waals surface area contributed by atoms with Crippen LogP contribution in [-0.4, -0.2) is 15.0 Å². The lowest BCUT2D eigenvalue weighted by Crippen LogP contribution is -2.15. The summed E-state index contributed by atoms with van der Waals surface area (Å²) in [5.41, 5.74) is 5.88. The maximum atomic E-state index is 5.50. The van der Waals surface area contributed by atoms with Crippen molar-refractivity contribution in [2.45, 2.75) is 33.7 Å². The van der Waals surface area contributed by atoms with Crippen LogP contribution in [-0.2, 0) is 13.0 Å². The Balaban J connectivity index is 2.23. The van der Waals surface area contributed by atoms with Crippen LogP contribution in [0.1, 0.15) is 29.4 Å². The van der Waals surface area contributed by atoms with E-state index in [-0.39, 0.29) is 0 Å². The van der Waals surface area contributed by atoms with Gasteiger partial charge in [0.2, 0.25) is 0 Å². The molecule has 6 nitrogen and oxygen atoms in total. The van der Waals surface area contributed by atoms with Crippen LogP contribution in [0.3, 0.4) is 0 Å². The minimum absolute atomic E-state index is 0.658. The zero-order valence-electron chi connectivity index (χ0n) is 12.1. The van der Waals surface area contributed by atoms with Gasteiger partial charge in [-0.3, -0.25) is 4.98 Å². The third-order valence-electron chi connectivity index (χ3n) is 3.23. The third kappa shape index (κ3) is 3.03. The van der Waals surface area contributed by atoms with Crippen LogP contribution < -0.4 is 16.6 Å². The summed E-state index contributed by atoms with van der Waals surface area (Å²) in [5, 5.41) is 3.35. The molecule has 0 atom stereocenters. The van der Waals surface area contributed by atoms with Crippen LogP contribution in [0.4, 0.5) is 11.6 Å². The van der Waals surface area contributed by atoms with E-state index in [9.17, 15) is 0 Å². The van der Waals surface area contributed by atoms with Crippen LogP contribution in [0.25, 0.3) is 0 Å². The van der Waals surface area contributed by atoms with Gasteiger partial charge in [0.1, 0.15) is 17.5 Å². The predicted octanol–water partition coefficient (Wildman–Crippen LogP) is 1.95. The van der Waals surface area contributed by atoms with Gasteiger partial charge in [0.15, 0.2) is 0 Å². The topological polar surface area (TPSA) is 88.8 Å². The number of aromatic nitrogens is 3. The van der Waals surface area contributed by atoms with Gasteiger partial charge in [0.25, 0.3) is 0 Å². The monoisotopic (exact) mass is 272 g/mol. The number of anilines is 2. The molecule has 6 heteroatoms. The van der Waals surface area contributed by atoms with E-state index in [4.69, 9.17) is 5.84 Å². The zero-order chi connectivity index (χ0) is 14.5. The fourth-order valence-corrected chi connectivity index (χ4v) is 1.91. The molecular formula is C14H20N6. The van der Waals surface area contributed by atoms with Crippen LogP contribution in [0.5, 0.6) is 0 Å². The first-order valence-corrected chi connectivity index (χ1v) is 6.63. The lowest BCUT2D eigenvalue weighted by Gasteiger charge is -2.14. The molecule has 0 bridgehead atoms. The summed E-state index contributed by atoms with van der Waals surface area (Å²) in [4.78, 5) is 12.9. The first-order chi connectivity index (χ1) is 9.65. The Labute approximate surface area is 118 Å². The summed E-state index contributed by atoms with van der Waals surface area (Å²) < 4.78 is 0. The summed E-state index contributed by atoms with van der Waals surface area (Å²) in [6.07, 6.45) is 4.41. The molecule has 2 heterocycles. The second-order valence-corrected chi connectivity index (χ2v) is 4.62. The van der Waals surface area contributed by atoms with E-state index in [2.05, 4.69) is 25.7 Å². The van der Waals surface area contributed by atoms with E-state index < -0.39 is 0 Å². The van der Waals surface area contributed by atoms with Crippen LogP contribution in [0, 0.1) is 13.8 Å². The molecule has 20 heavy (non-hydrogen) atoms. The first kappa shape index (κ1) is 14.2. The summed E-state index contributed by atoms with van der Waals surface area (Å²) in [6, 6.07) is 2.00. The molecule has 0 saturated carbocycles. The predicted molar refractivity (Wildman–Crippen MR) is 80.3 cm³/mol. The van der Waals surface area contributed by atoms with E-state index in [1.165, 1.54) is 5.56 Å². The van der Waals surface area contributed by atoms with Gasteiger partial charge >= 0.3 is 0 Å². The summed E-state index contributed by atoms with van der Waals surface area (Å²) >= 11 is 0. The molecule has 0 saturated heterocycles. The molecule has 0 aliphatic rings. The van der Waals surface area contributed by atoms with Crippen LogP contribution in [0.15, 0.2) is 18.5 Å². The number of hydrazine groups is 1. The molecule has 0 spiro atoms. The van der Waals surface area contributed by atoms with Gasteiger partial charge in [-0.2, -0.15) is 0 Å². The van der Waals surface area contributed by atoms with Crippen molar-refractivity contribution in [1.29, 1.82) is 0 Å². The number of nitrogens with two attached hydrogens (primary N) is 1. The molecule has 0 unspecified atom stereocenters. The molecule has 2 rings (SSSR count). The Morgan fingerprint density at radius 3 is 2.60 bits per heavy atom. The quantitative estimate of drug-likeness (QED) is 0.569. The van der Waals surface area contributed by atoms with Crippen molar-refractivity contribution in [3.05, 3.63) is 41.0 Å². The van der Waals surface area contributed by atoms with Crippen molar-refractivity contribution in [3.63, 3.8) is 0 Å². The zero-order valence-corrected chi connectivity index (χ0v) is 12.1. The van der Waals surface area contributed by atoms with Crippen molar-refractivity contribution in [2.75, 3.05) is 10.7 Å². The highest BCUT2D eigenvalue weighted by molar-refractivity contribution is 5.56. The molecule has 0 aliphatic heterocycles. The molecule has 2 aromatic rings. The van der Waals surface area contributed by atoms with Gasteiger partial charge in [0, 0.05) is 30.9 Å². The maximum absolute atomic E-state index is 5.50. The second-order valence-electron chi connectivity index (χ2n) is 4.62. The van der Waals surface area contributed by atoms with E-state index in [1.807, 2.05) is 33.0 Å². The standard InChI is InChI=1S/C14H20N6/c1-4-12-18-13(10(3)14(19-12)20-15)17-8-11-5-6-16-7-9(11)2/h5-7H,4,8,15H2,1-3H3,(H2,17,18,19,20). The highest BCUT2D eigenvalue weighted by atomic mass is 15.3. The van der Waals surface area contributed by atoms with Gasteiger partial charge in [-0.1, -0.05) is 6.92 Å². The Hall–Kier alpha value is -2.21. The largest absolute Gasteiger partial charge is 0.366 e. The average Bonchev–Trinajstić information content (AvgIpc) is 2.47. The molecule has 4 N–H and O–H groups in total. The molecule has 0 radical (unpaired) electrons. The van der Waals surface area contributed by atoms with Gasteiger partial charge in [-0.05, 0) is 31.0 Å². The minimum Gasteiger partial charge on any atom is -0.366 e. The highest BCUT2D eigenvalue weighted by Crippen LogP contribution is 2.20. The minimum atomic E-state index is 0.658. The maximum Gasteiger partial charge on any atom is 0.148 e. The lowest BCUT2D eigenvalue weighted by molar-refractivity contribution is 0.919. The third-order valence-corrected chi connectivity index (χ3v) is 3.23. The van der Waals surface area contributed by atoms with E-state index in [1.54, 1.807) is 6.20 Å². The molecule has 0 aromatic carbocycles. The molecule has 0 amide bonds.